The lowest BCUT2D eigenvalue weighted by molar-refractivity contribution is 0.0363. The van der Waals surface area contributed by atoms with E-state index >= 15 is 0 Å². The normalized spacial score (nSPS) is 25.3. The van der Waals surface area contributed by atoms with Crippen molar-refractivity contribution < 1.29 is 5.11 Å². The number of likely N-dealkylation sites (N-methyl/N-ethyl adjacent to an activating group) is 2. The number of hydrogen-bond acceptors (Lipinski definition) is 3. The summed E-state index contributed by atoms with van der Waals surface area (Å²) >= 11 is 0. The third kappa shape index (κ3) is 3.72. The summed E-state index contributed by atoms with van der Waals surface area (Å²) in [6.07, 6.45) is 2.39. The molecule has 2 unspecified atom stereocenters. The first-order valence-electron chi connectivity index (χ1n) is 6.40. The lowest BCUT2D eigenvalue weighted by Gasteiger charge is -2.34. The summed E-state index contributed by atoms with van der Waals surface area (Å²) in [4.78, 5) is 4.81. The molecule has 1 saturated heterocycles. The zero-order chi connectivity index (χ0) is 12.3. The first-order valence-corrected chi connectivity index (χ1v) is 6.40. The van der Waals surface area contributed by atoms with Gasteiger partial charge in [-0.05, 0) is 40.4 Å². The van der Waals surface area contributed by atoms with Crippen LogP contribution < -0.4 is 0 Å². The number of hydrogen-bond donors (Lipinski definition) is 1. The largest absolute Gasteiger partial charge is 0.393 e. The summed E-state index contributed by atoms with van der Waals surface area (Å²) in [6, 6.07) is 0.704. The average Bonchev–Trinajstić information content (AvgIpc) is 2.50. The molecular weight excluding hydrogens is 200 g/mol. The maximum atomic E-state index is 9.70. The molecule has 96 valence electrons. The smallest absolute Gasteiger partial charge is 0.0575 e. The van der Waals surface area contributed by atoms with Crippen molar-refractivity contribution in [1.29, 1.82) is 0 Å². The molecule has 1 heterocycles. The third-order valence-corrected chi connectivity index (χ3v) is 4.00. The molecule has 0 spiro atoms. The van der Waals surface area contributed by atoms with Crippen LogP contribution in [-0.4, -0.2) is 60.8 Å². The number of likely N-dealkylation sites (tertiary alicyclic amines) is 1. The lowest BCUT2D eigenvalue weighted by Crippen LogP contribution is -2.43. The van der Waals surface area contributed by atoms with Gasteiger partial charge < -0.3 is 14.9 Å². The van der Waals surface area contributed by atoms with E-state index in [0.29, 0.717) is 6.04 Å². The van der Waals surface area contributed by atoms with Crippen LogP contribution in [0.15, 0.2) is 0 Å². The van der Waals surface area contributed by atoms with Gasteiger partial charge in [-0.3, -0.25) is 0 Å². The molecule has 0 aromatic rings. The van der Waals surface area contributed by atoms with Gasteiger partial charge in [0.25, 0.3) is 0 Å². The van der Waals surface area contributed by atoms with Crippen LogP contribution in [-0.2, 0) is 0 Å². The Morgan fingerprint density at radius 2 is 2.12 bits per heavy atom. The molecule has 3 heteroatoms. The van der Waals surface area contributed by atoms with Crippen molar-refractivity contribution in [2.45, 2.75) is 45.8 Å². The third-order valence-electron chi connectivity index (χ3n) is 4.00. The van der Waals surface area contributed by atoms with Gasteiger partial charge in [-0.2, -0.15) is 0 Å². The van der Waals surface area contributed by atoms with Crippen LogP contribution in [0.5, 0.6) is 0 Å². The minimum atomic E-state index is -0.253. The van der Waals surface area contributed by atoms with E-state index < -0.39 is 0 Å². The molecule has 1 aliphatic heterocycles. The second kappa shape index (κ2) is 5.48. The Kier molecular flexibility index (Phi) is 4.77. The Labute approximate surface area is 100 Å². The molecule has 0 aliphatic carbocycles. The van der Waals surface area contributed by atoms with E-state index in [1.165, 1.54) is 19.4 Å². The van der Waals surface area contributed by atoms with Gasteiger partial charge in [0.1, 0.15) is 0 Å². The zero-order valence-electron chi connectivity index (χ0n) is 11.5. The van der Waals surface area contributed by atoms with E-state index in [-0.39, 0.29) is 11.5 Å². The van der Waals surface area contributed by atoms with Gasteiger partial charge in [-0.15, -0.1) is 0 Å². The molecule has 0 aromatic heterocycles. The Balaban J connectivity index is 2.38. The molecule has 1 fully saturated rings. The first-order chi connectivity index (χ1) is 7.33. The van der Waals surface area contributed by atoms with Crippen molar-refractivity contribution in [3.63, 3.8) is 0 Å². The van der Waals surface area contributed by atoms with Crippen LogP contribution in [0, 0.1) is 5.41 Å². The van der Waals surface area contributed by atoms with Crippen molar-refractivity contribution >= 4 is 0 Å². The molecule has 0 radical (unpaired) electrons. The quantitative estimate of drug-likeness (QED) is 0.771. The van der Waals surface area contributed by atoms with Crippen molar-refractivity contribution in [1.82, 2.24) is 9.80 Å². The molecule has 1 N–H and O–H groups in total. The second-order valence-corrected chi connectivity index (χ2v) is 6.14. The summed E-state index contributed by atoms with van der Waals surface area (Å²) in [5, 5.41) is 9.70. The Morgan fingerprint density at radius 1 is 1.50 bits per heavy atom. The molecule has 1 aliphatic rings. The average molecular weight is 228 g/mol. The lowest BCUT2D eigenvalue weighted by atomic mass is 9.87. The second-order valence-electron chi connectivity index (χ2n) is 6.14. The summed E-state index contributed by atoms with van der Waals surface area (Å²) in [5.74, 6) is 0. The van der Waals surface area contributed by atoms with E-state index in [2.05, 4.69) is 37.7 Å². The maximum absolute atomic E-state index is 9.70. The van der Waals surface area contributed by atoms with Crippen molar-refractivity contribution in [2.75, 3.05) is 33.7 Å². The summed E-state index contributed by atoms with van der Waals surface area (Å²) in [5.41, 5.74) is -0.0219. The molecule has 0 aromatic carbocycles. The molecule has 16 heavy (non-hydrogen) atoms. The minimum absolute atomic E-state index is 0.0219. The van der Waals surface area contributed by atoms with Gasteiger partial charge in [0.05, 0.1) is 6.10 Å². The Morgan fingerprint density at radius 3 is 2.56 bits per heavy atom. The topological polar surface area (TPSA) is 26.7 Å². The van der Waals surface area contributed by atoms with E-state index in [1.54, 1.807) is 0 Å². The van der Waals surface area contributed by atoms with E-state index in [1.807, 2.05) is 6.92 Å². The Bertz CT molecular complexity index is 216. The molecular formula is C13H28N2O. The van der Waals surface area contributed by atoms with Crippen molar-refractivity contribution in [3.05, 3.63) is 0 Å². The maximum Gasteiger partial charge on any atom is 0.0575 e. The van der Waals surface area contributed by atoms with E-state index in [9.17, 15) is 5.11 Å². The summed E-state index contributed by atoms with van der Waals surface area (Å²) < 4.78 is 0. The van der Waals surface area contributed by atoms with Crippen LogP contribution in [0.4, 0.5) is 0 Å². The highest BCUT2D eigenvalue weighted by atomic mass is 16.3. The van der Waals surface area contributed by atoms with Crippen LogP contribution in [0.25, 0.3) is 0 Å². The fraction of sp³-hybridized carbons (Fsp3) is 1.00. The Hall–Kier alpha value is -0.120. The summed E-state index contributed by atoms with van der Waals surface area (Å²) in [6.45, 7) is 9.45. The zero-order valence-corrected chi connectivity index (χ0v) is 11.5. The molecule has 0 bridgehead atoms. The SMILES string of the molecule is CC(O)C(C)(C)CN(C)CC1CCCN1C. The van der Waals surface area contributed by atoms with Gasteiger partial charge in [0.15, 0.2) is 0 Å². The molecule has 1 rings (SSSR count). The van der Waals surface area contributed by atoms with Gasteiger partial charge in [-0.1, -0.05) is 13.8 Å². The number of rotatable bonds is 5. The molecule has 0 saturated carbocycles. The fourth-order valence-corrected chi connectivity index (χ4v) is 2.46. The predicted molar refractivity (Wildman–Crippen MR) is 68.6 cm³/mol. The number of aliphatic hydroxyl groups excluding tert-OH is 1. The predicted octanol–water partition coefficient (Wildman–Crippen LogP) is 1.42. The van der Waals surface area contributed by atoms with Gasteiger partial charge in [0.2, 0.25) is 0 Å². The number of aliphatic hydroxyl groups is 1. The van der Waals surface area contributed by atoms with Crippen LogP contribution in [0.2, 0.25) is 0 Å². The van der Waals surface area contributed by atoms with Gasteiger partial charge >= 0.3 is 0 Å². The molecule has 3 nitrogen and oxygen atoms in total. The number of nitrogens with zero attached hydrogens (tertiary/aromatic N) is 2. The molecule has 0 amide bonds. The van der Waals surface area contributed by atoms with Crippen molar-refractivity contribution in [3.8, 4) is 0 Å². The van der Waals surface area contributed by atoms with E-state index in [4.69, 9.17) is 0 Å². The highest BCUT2D eigenvalue weighted by molar-refractivity contribution is 4.82. The van der Waals surface area contributed by atoms with Crippen LogP contribution >= 0.6 is 0 Å². The first kappa shape index (κ1) is 13.9. The monoisotopic (exact) mass is 228 g/mol. The minimum Gasteiger partial charge on any atom is -0.393 e. The fourth-order valence-electron chi connectivity index (χ4n) is 2.46. The van der Waals surface area contributed by atoms with Crippen LogP contribution in [0.3, 0.4) is 0 Å². The molecule has 2 atom stereocenters. The van der Waals surface area contributed by atoms with Gasteiger partial charge in [0, 0.05) is 24.5 Å². The highest BCUT2D eigenvalue weighted by Crippen LogP contribution is 2.23. The van der Waals surface area contributed by atoms with Crippen LogP contribution in [0.1, 0.15) is 33.6 Å². The van der Waals surface area contributed by atoms with Gasteiger partial charge in [-0.25, -0.2) is 0 Å². The standard InChI is InChI=1S/C13H28N2O/c1-11(16)13(2,3)10-14(4)9-12-7-6-8-15(12)5/h11-12,16H,6-10H2,1-5H3. The van der Waals surface area contributed by atoms with E-state index in [0.717, 1.165) is 13.1 Å². The van der Waals surface area contributed by atoms with Crippen molar-refractivity contribution in [2.24, 2.45) is 5.41 Å². The summed E-state index contributed by atoms with van der Waals surface area (Å²) in [7, 11) is 4.38. The highest BCUT2D eigenvalue weighted by Gasteiger charge is 2.28.